The van der Waals surface area contributed by atoms with Crippen LogP contribution in [-0.2, 0) is 4.79 Å². The number of nitrogens with one attached hydrogen (secondary N) is 1. The van der Waals surface area contributed by atoms with Crippen molar-refractivity contribution in [1.29, 1.82) is 0 Å². The number of halogens is 1. The molecule has 0 radical (unpaired) electrons. The molecule has 0 aliphatic rings. The van der Waals surface area contributed by atoms with Gasteiger partial charge >= 0.3 is 0 Å². The average molecular weight is 257 g/mol. The minimum absolute atomic E-state index is 0. The molecule has 0 heterocycles. The van der Waals surface area contributed by atoms with Crippen LogP contribution in [-0.4, -0.2) is 5.91 Å². The average Bonchev–Trinajstić information content (AvgIpc) is 2.27. The Hall–Kier alpha value is -1.06. The number of carbonyl (C=O) groups excluding carboxylic acids is 1. The Balaban J connectivity index is 0.00000256. The van der Waals surface area contributed by atoms with Crippen LogP contribution in [0.5, 0.6) is 0 Å². The summed E-state index contributed by atoms with van der Waals surface area (Å²) in [6.45, 7) is 5.78. The molecule has 4 heteroatoms. The molecule has 1 rings (SSSR count). The Morgan fingerprint density at radius 3 is 2.29 bits per heavy atom. The highest BCUT2D eigenvalue weighted by Gasteiger charge is 2.12. The summed E-state index contributed by atoms with van der Waals surface area (Å²) in [5.74, 6) is 0.408. The zero-order valence-corrected chi connectivity index (χ0v) is 11.4. The summed E-state index contributed by atoms with van der Waals surface area (Å²) in [4.78, 5) is 10.9. The number of hydrogen-bond acceptors (Lipinski definition) is 2. The Morgan fingerprint density at radius 2 is 1.88 bits per heavy atom. The number of anilines is 1. The molecule has 0 fully saturated rings. The second kappa shape index (κ2) is 7.30. The quantitative estimate of drug-likeness (QED) is 0.870. The van der Waals surface area contributed by atoms with Crippen LogP contribution in [0.2, 0.25) is 0 Å². The van der Waals surface area contributed by atoms with Crippen molar-refractivity contribution >= 4 is 24.0 Å². The van der Waals surface area contributed by atoms with Gasteiger partial charge in [-0.15, -0.1) is 12.4 Å². The van der Waals surface area contributed by atoms with Crippen molar-refractivity contribution in [1.82, 2.24) is 0 Å². The molecule has 0 saturated heterocycles. The zero-order chi connectivity index (χ0) is 12.1. The molecule has 1 amide bonds. The molecule has 1 aromatic rings. The summed E-state index contributed by atoms with van der Waals surface area (Å²) in [7, 11) is 0. The van der Waals surface area contributed by atoms with Crippen molar-refractivity contribution < 1.29 is 4.79 Å². The van der Waals surface area contributed by atoms with E-state index in [1.807, 2.05) is 24.3 Å². The van der Waals surface area contributed by atoms with E-state index in [-0.39, 0.29) is 24.4 Å². The first kappa shape index (κ1) is 15.9. The number of carbonyl (C=O) groups is 1. The van der Waals surface area contributed by atoms with Crippen molar-refractivity contribution in [3.05, 3.63) is 29.8 Å². The lowest BCUT2D eigenvalue weighted by molar-refractivity contribution is -0.114. The minimum Gasteiger partial charge on any atom is -0.326 e. The zero-order valence-electron chi connectivity index (χ0n) is 10.6. The molecule has 3 nitrogen and oxygen atoms in total. The number of rotatable bonds is 4. The highest BCUT2D eigenvalue weighted by atomic mass is 35.5. The fourth-order valence-electron chi connectivity index (χ4n) is 1.57. The highest BCUT2D eigenvalue weighted by molar-refractivity contribution is 5.88. The monoisotopic (exact) mass is 256 g/mol. The lowest BCUT2D eigenvalue weighted by Crippen LogP contribution is -2.18. The van der Waals surface area contributed by atoms with E-state index >= 15 is 0 Å². The van der Waals surface area contributed by atoms with Crippen molar-refractivity contribution in [2.24, 2.45) is 11.7 Å². The normalized spacial score (nSPS) is 13.4. The van der Waals surface area contributed by atoms with Gasteiger partial charge in [-0.25, -0.2) is 0 Å². The van der Waals surface area contributed by atoms with Gasteiger partial charge in [0.25, 0.3) is 0 Å². The number of hydrogen-bond donors (Lipinski definition) is 2. The van der Waals surface area contributed by atoms with E-state index in [0.29, 0.717) is 5.92 Å². The Labute approximate surface area is 109 Å². The van der Waals surface area contributed by atoms with Gasteiger partial charge in [-0.1, -0.05) is 32.4 Å². The first-order valence-electron chi connectivity index (χ1n) is 5.67. The minimum atomic E-state index is -0.0565. The van der Waals surface area contributed by atoms with Crippen LogP contribution >= 0.6 is 12.4 Å². The van der Waals surface area contributed by atoms with Crippen molar-refractivity contribution in [3.63, 3.8) is 0 Å². The maximum absolute atomic E-state index is 10.9. The Bertz CT molecular complexity index is 351. The second-order valence-electron chi connectivity index (χ2n) is 4.21. The molecule has 17 heavy (non-hydrogen) atoms. The second-order valence-corrected chi connectivity index (χ2v) is 4.21. The first-order chi connectivity index (χ1) is 7.54. The van der Waals surface area contributed by atoms with E-state index < -0.39 is 0 Å². The van der Waals surface area contributed by atoms with Gasteiger partial charge in [-0.05, 0) is 23.6 Å². The lowest BCUT2D eigenvalue weighted by atomic mass is 9.93. The molecule has 2 atom stereocenters. The summed E-state index contributed by atoms with van der Waals surface area (Å²) >= 11 is 0. The van der Waals surface area contributed by atoms with Crippen LogP contribution in [0.25, 0.3) is 0 Å². The van der Waals surface area contributed by atoms with Crippen LogP contribution in [0.1, 0.15) is 38.8 Å². The number of benzene rings is 1. The molecule has 0 aromatic heterocycles. The van der Waals surface area contributed by atoms with E-state index in [2.05, 4.69) is 19.2 Å². The molecule has 3 N–H and O–H groups in total. The van der Waals surface area contributed by atoms with Gasteiger partial charge in [0.2, 0.25) is 5.91 Å². The predicted molar refractivity (Wildman–Crippen MR) is 74.4 cm³/mol. The van der Waals surface area contributed by atoms with Gasteiger partial charge in [-0.2, -0.15) is 0 Å². The van der Waals surface area contributed by atoms with Gasteiger partial charge in [0, 0.05) is 18.7 Å². The standard InChI is InChI=1S/C13H20N2O.ClH/c1-4-9(2)13(14)11-5-7-12(8-6-11)15-10(3)16;/h5-9,13H,4,14H2,1-3H3,(H,15,16);1H/t9?,13-;/m0./s1. The van der Waals surface area contributed by atoms with E-state index in [9.17, 15) is 4.79 Å². The fraction of sp³-hybridized carbons (Fsp3) is 0.462. The van der Waals surface area contributed by atoms with Crippen molar-refractivity contribution in [2.45, 2.75) is 33.2 Å². The molecule has 0 aliphatic carbocycles. The third-order valence-electron chi connectivity index (χ3n) is 2.87. The van der Waals surface area contributed by atoms with E-state index in [4.69, 9.17) is 5.73 Å². The fourth-order valence-corrected chi connectivity index (χ4v) is 1.57. The van der Waals surface area contributed by atoms with Crippen LogP contribution in [0.4, 0.5) is 5.69 Å². The summed E-state index contributed by atoms with van der Waals surface area (Å²) in [5, 5.41) is 2.73. The van der Waals surface area contributed by atoms with Gasteiger partial charge in [-0.3, -0.25) is 4.79 Å². The summed E-state index contributed by atoms with van der Waals surface area (Å²) in [6.07, 6.45) is 1.06. The van der Waals surface area contributed by atoms with Crippen LogP contribution in [0.15, 0.2) is 24.3 Å². The number of amides is 1. The predicted octanol–water partition coefficient (Wildman–Crippen LogP) is 3.11. The molecule has 0 saturated carbocycles. The molecular formula is C13H21ClN2O. The molecule has 0 bridgehead atoms. The van der Waals surface area contributed by atoms with Crippen molar-refractivity contribution in [3.8, 4) is 0 Å². The molecule has 96 valence electrons. The third kappa shape index (κ3) is 4.75. The van der Waals surface area contributed by atoms with Gasteiger partial charge < -0.3 is 11.1 Å². The molecule has 0 spiro atoms. The molecule has 1 unspecified atom stereocenters. The summed E-state index contributed by atoms with van der Waals surface area (Å²) < 4.78 is 0. The van der Waals surface area contributed by atoms with E-state index in [1.165, 1.54) is 6.92 Å². The molecule has 0 aliphatic heterocycles. The van der Waals surface area contributed by atoms with Gasteiger partial charge in [0.05, 0.1) is 0 Å². The lowest BCUT2D eigenvalue weighted by Gasteiger charge is -2.18. The van der Waals surface area contributed by atoms with E-state index in [1.54, 1.807) is 0 Å². The van der Waals surface area contributed by atoms with E-state index in [0.717, 1.165) is 17.7 Å². The number of nitrogens with two attached hydrogens (primary N) is 1. The first-order valence-corrected chi connectivity index (χ1v) is 5.67. The largest absolute Gasteiger partial charge is 0.326 e. The summed E-state index contributed by atoms with van der Waals surface area (Å²) in [5.41, 5.74) is 8.04. The SMILES string of the molecule is CCC(C)[C@H](N)c1ccc(NC(C)=O)cc1.Cl. The van der Waals surface area contributed by atoms with Crippen molar-refractivity contribution in [2.75, 3.05) is 5.32 Å². The third-order valence-corrected chi connectivity index (χ3v) is 2.87. The van der Waals surface area contributed by atoms with Gasteiger partial charge in [0.15, 0.2) is 0 Å². The van der Waals surface area contributed by atoms with Crippen LogP contribution in [0.3, 0.4) is 0 Å². The summed E-state index contributed by atoms with van der Waals surface area (Å²) in [6, 6.07) is 7.79. The maximum atomic E-state index is 10.9. The topological polar surface area (TPSA) is 55.1 Å². The maximum Gasteiger partial charge on any atom is 0.221 e. The van der Waals surface area contributed by atoms with Crippen LogP contribution < -0.4 is 11.1 Å². The molecular weight excluding hydrogens is 236 g/mol. The van der Waals surface area contributed by atoms with Gasteiger partial charge in [0.1, 0.15) is 0 Å². The Morgan fingerprint density at radius 1 is 1.35 bits per heavy atom. The van der Waals surface area contributed by atoms with Crippen LogP contribution in [0, 0.1) is 5.92 Å². The smallest absolute Gasteiger partial charge is 0.221 e. The molecule has 1 aromatic carbocycles. The Kier molecular flexibility index (Phi) is 6.85. The highest BCUT2D eigenvalue weighted by Crippen LogP contribution is 2.22.